The van der Waals surface area contributed by atoms with E-state index >= 15 is 0 Å². The van der Waals surface area contributed by atoms with Gasteiger partial charge in [0.05, 0.1) is 35.3 Å². The number of aromatic nitrogens is 1. The largest absolute Gasteiger partial charge is 0.475 e. The summed E-state index contributed by atoms with van der Waals surface area (Å²) in [7, 11) is -2.09. The molecule has 1 fully saturated rings. The first-order valence-electron chi connectivity index (χ1n) is 7.05. The Kier molecular flexibility index (Phi) is 5.41. The smallest absolute Gasteiger partial charge is 0.426 e. The van der Waals surface area contributed by atoms with Crippen molar-refractivity contribution in [3.05, 3.63) is 28.5 Å². The van der Waals surface area contributed by atoms with Crippen LogP contribution in [0.1, 0.15) is 22.5 Å². The van der Waals surface area contributed by atoms with E-state index in [0.29, 0.717) is 10.6 Å². The molecule has 2 heterocycles. The van der Waals surface area contributed by atoms with E-state index in [1.54, 1.807) is 6.92 Å². The number of hydrogen-bond donors (Lipinski definition) is 3. The van der Waals surface area contributed by atoms with E-state index < -0.39 is 50.3 Å². The van der Waals surface area contributed by atoms with Gasteiger partial charge >= 0.3 is 7.12 Å². The van der Waals surface area contributed by atoms with Crippen LogP contribution in [0.5, 0.6) is 0 Å². The molecule has 1 unspecified atom stereocenters. The number of carbonyl (C=O) groups excluding carboxylic acids is 2. The highest BCUT2D eigenvalue weighted by molar-refractivity contribution is 6.43. The third kappa shape index (κ3) is 4.00. The van der Waals surface area contributed by atoms with E-state index in [9.17, 15) is 18.4 Å². The average Bonchev–Trinajstić information content (AvgIpc) is 2.83. The highest BCUT2D eigenvalue weighted by Crippen LogP contribution is 2.32. The van der Waals surface area contributed by atoms with Crippen molar-refractivity contribution >= 4 is 30.5 Å². The number of halogens is 3. The quantitative estimate of drug-likeness (QED) is 0.656. The Bertz CT molecular complexity index is 662. The molecule has 0 saturated carbocycles. The summed E-state index contributed by atoms with van der Waals surface area (Å²) in [5.41, 5.74) is 0.528. The minimum absolute atomic E-state index is 0.0995. The third-order valence-electron chi connectivity index (χ3n) is 3.68. The summed E-state index contributed by atoms with van der Waals surface area (Å²) >= 11 is 5.95. The van der Waals surface area contributed by atoms with Gasteiger partial charge in [-0.15, -0.1) is 0 Å². The number of amides is 2. The van der Waals surface area contributed by atoms with Crippen molar-refractivity contribution in [3.63, 3.8) is 0 Å². The van der Waals surface area contributed by atoms with Gasteiger partial charge in [0.1, 0.15) is 0 Å². The molecule has 7 nitrogen and oxygen atoms in total. The zero-order chi connectivity index (χ0) is 18.1. The molecular weight excluding hydrogens is 346 g/mol. The SMILES string of the molecule is Cc1nccc(C(=O)NCC(=O)N2CC(F)(F)CC2B(O)O)c1Cl. The van der Waals surface area contributed by atoms with Gasteiger partial charge in [0, 0.05) is 12.6 Å². The lowest BCUT2D eigenvalue weighted by molar-refractivity contribution is -0.131. The number of nitrogens with zero attached hydrogens (tertiary/aromatic N) is 2. The van der Waals surface area contributed by atoms with Gasteiger partial charge in [0.15, 0.2) is 0 Å². The fourth-order valence-corrected chi connectivity index (χ4v) is 2.66. The number of hydrogen-bond acceptors (Lipinski definition) is 5. The normalized spacial score (nSPS) is 19.2. The molecule has 1 saturated heterocycles. The summed E-state index contributed by atoms with van der Waals surface area (Å²) in [5.74, 6) is -6.14. The Morgan fingerprint density at radius 1 is 1.54 bits per heavy atom. The van der Waals surface area contributed by atoms with Gasteiger partial charge in [-0.25, -0.2) is 8.78 Å². The highest BCUT2D eigenvalue weighted by atomic mass is 35.5. The Balaban J connectivity index is 2.02. The Labute approximate surface area is 141 Å². The molecule has 2 amide bonds. The van der Waals surface area contributed by atoms with Crippen LogP contribution in [-0.4, -0.2) is 63.8 Å². The van der Waals surface area contributed by atoms with Gasteiger partial charge in [-0.05, 0) is 13.0 Å². The molecule has 0 radical (unpaired) electrons. The van der Waals surface area contributed by atoms with Gasteiger partial charge < -0.3 is 20.3 Å². The molecule has 0 aromatic carbocycles. The molecular formula is C13H15BClF2N3O4. The summed E-state index contributed by atoms with van der Waals surface area (Å²) < 4.78 is 26.8. The predicted molar refractivity (Wildman–Crippen MR) is 81.6 cm³/mol. The zero-order valence-electron chi connectivity index (χ0n) is 12.7. The predicted octanol–water partition coefficient (Wildman–Crippen LogP) is 0.0214. The van der Waals surface area contributed by atoms with Crippen LogP contribution in [-0.2, 0) is 4.79 Å². The molecule has 1 aliphatic rings. The molecule has 1 atom stereocenters. The van der Waals surface area contributed by atoms with Gasteiger partial charge in [0.2, 0.25) is 5.91 Å². The van der Waals surface area contributed by atoms with Crippen LogP contribution in [0.3, 0.4) is 0 Å². The van der Waals surface area contributed by atoms with Gasteiger partial charge in [0.25, 0.3) is 11.8 Å². The lowest BCUT2D eigenvalue weighted by atomic mass is 9.77. The molecule has 0 bridgehead atoms. The Hall–Kier alpha value is -1.78. The van der Waals surface area contributed by atoms with Gasteiger partial charge in [-0.3, -0.25) is 14.6 Å². The van der Waals surface area contributed by atoms with E-state index in [1.807, 2.05) is 0 Å². The van der Waals surface area contributed by atoms with Crippen LogP contribution in [0, 0.1) is 6.92 Å². The molecule has 0 spiro atoms. The maximum absolute atomic E-state index is 13.4. The van der Waals surface area contributed by atoms with Crippen LogP contribution in [0.2, 0.25) is 5.02 Å². The van der Waals surface area contributed by atoms with Crippen molar-refractivity contribution in [2.75, 3.05) is 13.1 Å². The zero-order valence-corrected chi connectivity index (χ0v) is 13.4. The minimum Gasteiger partial charge on any atom is -0.426 e. The van der Waals surface area contributed by atoms with E-state index in [-0.39, 0.29) is 10.6 Å². The topological polar surface area (TPSA) is 103 Å². The van der Waals surface area contributed by atoms with Crippen LogP contribution in [0.25, 0.3) is 0 Å². The summed E-state index contributed by atoms with van der Waals surface area (Å²) in [6, 6.07) is 1.36. The molecule has 24 heavy (non-hydrogen) atoms. The first-order chi connectivity index (χ1) is 11.1. The minimum atomic E-state index is -3.21. The van der Waals surface area contributed by atoms with Gasteiger partial charge in [-0.2, -0.15) is 0 Å². The van der Waals surface area contributed by atoms with Crippen molar-refractivity contribution in [3.8, 4) is 0 Å². The number of nitrogens with one attached hydrogen (secondary N) is 1. The van der Waals surface area contributed by atoms with Crippen LogP contribution in [0.15, 0.2) is 12.3 Å². The Morgan fingerprint density at radius 3 is 2.83 bits per heavy atom. The number of carbonyl (C=O) groups is 2. The molecule has 0 aliphatic carbocycles. The molecule has 1 aliphatic heterocycles. The van der Waals surface area contributed by atoms with E-state index in [1.165, 1.54) is 12.3 Å². The molecule has 2 rings (SSSR count). The maximum atomic E-state index is 13.4. The molecule has 1 aromatic heterocycles. The fraction of sp³-hybridized carbons (Fsp3) is 0.462. The van der Waals surface area contributed by atoms with Crippen molar-refractivity contribution in [2.45, 2.75) is 25.2 Å². The lowest BCUT2D eigenvalue weighted by Gasteiger charge is -2.23. The van der Waals surface area contributed by atoms with Crippen LogP contribution < -0.4 is 5.32 Å². The molecule has 1 aromatic rings. The van der Waals surface area contributed by atoms with Crippen LogP contribution >= 0.6 is 11.6 Å². The number of aryl methyl sites for hydroxylation is 1. The fourth-order valence-electron chi connectivity index (χ4n) is 2.46. The van der Waals surface area contributed by atoms with Crippen molar-refractivity contribution in [2.24, 2.45) is 0 Å². The molecule has 11 heteroatoms. The van der Waals surface area contributed by atoms with Crippen molar-refractivity contribution in [1.82, 2.24) is 15.2 Å². The molecule has 3 N–H and O–H groups in total. The van der Waals surface area contributed by atoms with Crippen LogP contribution in [0.4, 0.5) is 8.78 Å². The second kappa shape index (κ2) is 7.00. The molecule has 130 valence electrons. The standard InChI is InChI=1S/C13H15BClF2N3O4/c1-7-11(15)8(2-3-18-7)12(22)19-5-10(21)20-6-13(16,17)4-9(20)14(23)24/h2-3,9,23-24H,4-6H2,1H3,(H,19,22). The average molecular weight is 362 g/mol. The number of alkyl halides is 2. The van der Waals surface area contributed by atoms with E-state index in [4.69, 9.17) is 21.6 Å². The Morgan fingerprint density at radius 2 is 2.21 bits per heavy atom. The third-order valence-corrected chi connectivity index (χ3v) is 4.16. The summed E-state index contributed by atoms with van der Waals surface area (Å²) in [5, 5.41) is 20.7. The van der Waals surface area contributed by atoms with Crippen molar-refractivity contribution in [1.29, 1.82) is 0 Å². The summed E-state index contributed by atoms with van der Waals surface area (Å²) in [4.78, 5) is 28.6. The first kappa shape index (κ1) is 18.6. The van der Waals surface area contributed by atoms with E-state index in [2.05, 4.69) is 10.3 Å². The second-order valence-electron chi connectivity index (χ2n) is 5.50. The monoisotopic (exact) mass is 361 g/mol. The summed E-state index contributed by atoms with van der Waals surface area (Å²) in [6.45, 7) is 0.0960. The maximum Gasteiger partial charge on any atom is 0.475 e. The van der Waals surface area contributed by atoms with Gasteiger partial charge in [-0.1, -0.05) is 11.6 Å². The highest BCUT2D eigenvalue weighted by Gasteiger charge is 2.51. The first-order valence-corrected chi connectivity index (χ1v) is 7.43. The number of likely N-dealkylation sites (tertiary alicyclic amines) is 1. The van der Waals surface area contributed by atoms with Crippen molar-refractivity contribution < 1.29 is 28.4 Å². The summed E-state index contributed by atoms with van der Waals surface area (Å²) in [6.07, 6.45) is 0.525. The number of pyridine rings is 1. The van der Waals surface area contributed by atoms with E-state index in [0.717, 1.165) is 0 Å². The second-order valence-corrected chi connectivity index (χ2v) is 5.88. The number of rotatable bonds is 4. The lowest BCUT2D eigenvalue weighted by Crippen LogP contribution is -2.49.